The number of hydrogen-bond donors (Lipinski definition) is 1. The van der Waals surface area contributed by atoms with Crippen LogP contribution in [0.15, 0.2) is 86.9 Å². The van der Waals surface area contributed by atoms with Gasteiger partial charge in [-0.2, -0.15) is 0 Å². The van der Waals surface area contributed by atoms with E-state index in [1.54, 1.807) is 30.3 Å². The number of amides is 1. The Labute approximate surface area is 168 Å². The molecule has 1 amide bonds. The summed E-state index contributed by atoms with van der Waals surface area (Å²) in [4.78, 5) is 48.0. The smallest absolute Gasteiger partial charge is 0.360 e. The minimum Gasteiger partial charge on any atom is -0.421 e. The molecule has 9 nitrogen and oxygen atoms in total. The Morgan fingerprint density at radius 3 is 2.50 bits per heavy atom. The van der Waals surface area contributed by atoms with Crippen LogP contribution in [0.25, 0.3) is 16.7 Å². The summed E-state index contributed by atoms with van der Waals surface area (Å²) in [5, 5.41) is 13.5. The Morgan fingerprint density at radius 1 is 1.00 bits per heavy atom. The van der Waals surface area contributed by atoms with E-state index in [2.05, 4.69) is 5.32 Å². The molecule has 0 radical (unpaired) electrons. The third-order valence-corrected chi connectivity index (χ3v) is 4.40. The first kappa shape index (κ1) is 18.8. The standard InChI is InChI=1S/C21H13N3O6/c25-19(13-5-2-1-3-6-13)22-17-12-16-18(30-21(17)27)9-10-23(20(16)26)14-7-4-8-15(11-14)24(28)29/h1-12H,(H,22,25). The van der Waals surface area contributed by atoms with E-state index in [1.165, 1.54) is 47.2 Å². The van der Waals surface area contributed by atoms with Gasteiger partial charge in [-0.05, 0) is 30.3 Å². The molecule has 0 aliphatic carbocycles. The van der Waals surface area contributed by atoms with Crippen LogP contribution in [0.3, 0.4) is 0 Å². The normalized spacial score (nSPS) is 10.7. The molecule has 0 bridgehead atoms. The molecule has 0 unspecified atom stereocenters. The third kappa shape index (κ3) is 3.47. The highest BCUT2D eigenvalue weighted by atomic mass is 16.6. The fourth-order valence-electron chi connectivity index (χ4n) is 2.95. The van der Waals surface area contributed by atoms with Crippen LogP contribution in [0.1, 0.15) is 10.4 Å². The van der Waals surface area contributed by atoms with Crippen LogP contribution in [-0.4, -0.2) is 15.4 Å². The summed E-state index contributed by atoms with van der Waals surface area (Å²) in [5.41, 5.74) is -1.09. The second-order valence-electron chi connectivity index (χ2n) is 6.31. The van der Waals surface area contributed by atoms with Crippen molar-refractivity contribution in [1.82, 2.24) is 4.57 Å². The summed E-state index contributed by atoms with van der Waals surface area (Å²) in [7, 11) is 0. The van der Waals surface area contributed by atoms with Gasteiger partial charge in [0.15, 0.2) is 0 Å². The van der Waals surface area contributed by atoms with Gasteiger partial charge in [-0.25, -0.2) is 4.79 Å². The predicted octanol–water partition coefficient (Wildman–Crippen LogP) is 3.10. The van der Waals surface area contributed by atoms with Crippen molar-refractivity contribution < 1.29 is 14.1 Å². The van der Waals surface area contributed by atoms with E-state index < -0.39 is 22.0 Å². The van der Waals surface area contributed by atoms with E-state index in [0.717, 1.165) is 0 Å². The zero-order valence-electron chi connectivity index (χ0n) is 15.3. The van der Waals surface area contributed by atoms with Crippen molar-refractivity contribution in [3.63, 3.8) is 0 Å². The van der Waals surface area contributed by atoms with E-state index >= 15 is 0 Å². The number of nitrogens with one attached hydrogen (secondary N) is 1. The maximum Gasteiger partial charge on any atom is 0.360 e. The van der Waals surface area contributed by atoms with Gasteiger partial charge in [0.05, 0.1) is 16.0 Å². The highest BCUT2D eigenvalue weighted by molar-refractivity contribution is 6.04. The summed E-state index contributed by atoms with van der Waals surface area (Å²) in [6, 6.07) is 16.5. The number of nitro groups is 1. The Hall–Kier alpha value is -4.53. The van der Waals surface area contributed by atoms with Crippen LogP contribution in [0.5, 0.6) is 0 Å². The molecule has 0 atom stereocenters. The zero-order valence-corrected chi connectivity index (χ0v) is 15.3. The predicted molar refractivity (Wildman–Crippen MR) is 109 cm³/mol. The lowest BCUT2D eigenvalue weighted by Gasteiger charge is -2.08. The van der Waals surface area contributed by atoms with E-state index in [9.17, 15) is 24.5 Å². The van der Waals surface area contributed by atoms with Gasteiger partial charge in [-0.1, -0.05) is 24.3 Å². The van der Waals surface area contributed by atoms with Gasteiger partial charge in [0.25, 0.3) is 17.2 Å². The number of carbonyl (C=O) groups excluding carboxylic acids is 1. The second-order valence-corrected chi connectivity index (χ2v) is 6.31. The summed E-state index contributed by atoms with van der Waals surface area (Å²) >= 11 is 0. The first-order valence-corrected chi connectivity index (χ1v) is 8.75. The molecular formula is C21H13N3O6. The van der Waals surface area contributed by atoms with E-state index in [0.29, 0.717) is 5.56 Å². The maximum atomic E-state index is 12.9. The number of pyridine rings is 1. The SMILES string of the molecule is O=C(Nc1cc2c(=O)n(-c3cccc([N+](=O)[O-])c3)ccc2oc1=O)c1ccccc1. The van der Waals surface area contributed by atoms with E-state index in [4.69, 9.17) is 4.42 Å². The summed E-state index contributed by atoms with van der Waals surface area (Å²) in [6.07, 6.45) is 1.36. The topological polar surface area (TPSA) is 124 Å². The fraction of sp³-hybridized carbons (Fsp3) is 0. The molecule has 0 saturated heterocycles. The van der Waals surface area contributed by atoms with Gasteiger partial charge in [-0.3, -0.25) is 24.3 Å². The van der Waals surface area contributed by atoms with E-state index in [-0.39, 0.29) is 28.0 Å². The number of nitro benzene ring substituents is 1. The number of benzene rings is 2. The molecule has 4 rings (SSSR count). The lowest BCUT2D eigenvalue weighted by atomic mass is 10.2. The van der Waals surface area contributed by atoms with Gasteiger partial charge in [-0.15, -0.1) is 0 Å². The number of nitrogens with zero attached hydrogens (tertiary/aromatic N) is 2. The highest BCUT2D eigenvalue weighted by Gasteiger charge is 2.15. The number of rotatable bonds is 4. The Bertz CT molecular complexity index is 1410. The summed E-state index contributed by atoms with van der Waals surface area (Å²) in [6.45, 7) is 0. The molecule has 0 aliphatic heterocycles. The minimum atomic E-state index is -0.806. The number of aromatic nitrogens is 1. The van der Waals surface area contributed by atoms with Crippen molar-refractivity contribution in [3.8, 4) is 5.69 Å². The number of carbonyl (C=O) groups is 1. The molecule has 0 spiro atoms. The third-order valence-electron chi connectivity index (χ3n) is 4.40. The number of non-ortho nitro benzene ring substituents is 1. The van der Waals surface area contributed by atoms with Crippen LogP contribution >= 0.6 is 0 Å². The van der Waals surface area contributed by atoms with Gasteiger partial charge in [0.1, 0.15) is 11.3 Å². The van der Waals surface area contributed by atoms with Crippen LogP contribution in [0.4, 0.5) is 11.4 Å². The molecule has 0 aliphatic rings. The molecule has 0 saturated carbocycles. The monoisotopic (exact) mass is 403 g/mol. The van der Waals surface area contributed by atoms with Crippen molar-refractivity contribution in [1.29, 1.82) is 0 Å². The van der Waals surface area contributed by atoms with Crippen molar-refractivity contribution in [2.75, 3.05) is 5.32 Å². The molecule has 148 valence electrons. The van der Waals surface area contributed by atoms with Gasteiger partial charge < -0.3 is 9.73 Å². The van der Waals surface area contributed by atoms with Gasteiger partial charge >= 0.3 is 5.63 Å². The molecule has 2 aromatic carbocycles. The molecular weight excluding hydrogens is 390 g/mol. The number of fused-ring (bicyclic) bond motifs is 1. The lowest BCUT2D eigenvalue weighted by Crippen LogP contribution is -2.21. The molecule has 2 heterocycles. The quantitative estimate of drug-likeness (QED) is 0.412. The molecule has 30 heavy (non-hydrogen) atoms. The first-order chi connectivity index (χ1) is 14.4. The average molecular weight is 403 g/mol. The second kappa shape index (κ2) is 7.47. The molecule has 1 N–H and O–H groups in total. The minimum absolute atomic E-state index is 0.0318. The summed E-state index contributed by atoms with van der Waals surface area (Å²) in [5.74, 6) is -0.530. The van der Waals surface area contributed by atoms with Crippen molar-refractivity contribution in [2.45, 2.75) is 0 Å². The largest absolute Gasteiger partial charge is 0.421 e. The molecule has 4 aromatic rings. The first-order valence-electron chi connectivity index (χ1n) is 8.75. The van der Waals surface area contributed by atoms with Crippen molar-refractivity contribution in [3.05, 3.63) is 109 Å². The van der Waals surface area contributed by atoms with Crippen molar-refractivity contribution in [2.24, 2.45) is 0 Å². The van der Waals surface area contributed by atoms with Crippen molar-refractivity contribution >= 4 is 28.3 Å². The summed E-state index contributed by atoms with van der Waals surface area (Å²) < 4.78 is 6.36. The van der Waals surface area contributed by atoms with Crippen LogP contribution in [0, 0.1) is 10.1 Å². The Kier molecular flexibility index (Phi) is 4.69. The van der Waals surface area contributed by atoms with Gasteiger partial charge in [0, 0.05) is 23.9 Å². The van der Waals surface area contributed by atoms with E-state index in [1.807, 2.05) is 0 Å². The Morgan fingerprint density at radius 2 is 1.77 bits per heavy atom. The highest BCUT2D eigenvalue weighted by Crippen LogP contribution is 2.18. The molecule has 2 aromatic heterocycles. The lowest BCUT2D eigenvalue weighted by molar-refractivity contribution is -0.384. The molecule has 0 fully saturated rings. The number of hydrogen-bond acceptors (Lipinski definition) is 6. The van der Waals surface area contributed by atoms with Gasteiger partial charge in [0.2, 0.25) is 0 Å². The fourth-order valence-corrected chi connectivity index (χ4v) is 2.95. The number of anilines is 1. The van der Waals surface area contributed by atoms with Crippen LogP contribution in [0.2, 0.25) is 0 Å². The Balaban J connectivity index is 1.80. The average Bonchev–Trinajstić information content (AvgIpc) is 2.75. The van der Waals surface area contributed by atoms with Crippen LogP contribution < -0.4 is 16.5 Å². The maximum absolute atomic E-state index is 12.9. The molecule has 9 heteroatoms. The van der Waals surface area contributed by atoms with Crippen LogP contribution in [-0.2, 0) is 0 Å². The zero-order chi connectivity index (χ0) is 21.3.